The molecule has 0 aliphatic carbocycles. The number of hydrogen-bond acceptors (Lipinski definition) is 7. The highest BCUT2D eigenvalue weighted by Crippen LogP contribution is 2.12. The minimum Gasteiger partial charge on any atom is -0.464 e. The van der Waals surface area contributed by atoms with Gasteiger partial charge in [-0.15, -0.1) is 0 Å². The first kappa shape index (κ1) is 15.0. The van der Waals surface area contributed by atoms with Gasteiger partial charge in [-0.3, -0.25) is 4.68 Å². The van der Waals surface area contributed by atoms with E-state index in [0.717, 1.165) is 18.5 Å². The van der Waals surface area contributed by atoms with E-state index in [4.69, 9.17) is 4.74 Å². The molecule has 0 radical (unpaired) electrons. The van der Waals surface area contributed by atoms with Crippen molar-refractivity contribution in [3.8, 4) is 6.01 Å². The molecule has 114 valence electrons. The second-order valence-corrected chi connectivity index (χ2v) is 4.50. The third-order valence-corrected chi connectivity index (χ3v) is 2.63. The van der Waals surface area contributed by atoms with Gasteiger partial charge in [0.25, 0.3) is 0 Å². The average Bonchev–Trinajstić information content (AvgIpc) is 2.89. The number of aryl methyl sites for hydroxylation is 1. The van der Waals surface area contributed by atoms with Gasteiger partial charge in [-0.25, -0.2) is 0 Å². The van der Waals surface area contributed by atoms with Crippen LogP contribution in [0.1, 0.15) is 25.8 Å². The van der Waals surface area contributed by atoms with Crippen LogP contribution in [-0.4, -0.2) is 37.9 Å². The highest BCUT2D eigenvalue weighted by Gasteiger charge is 2.07. The molecular formula is C13H21N7O. The Bertz CT molecular complexity index is 569. The van der Waals surface area contributed by atoms with E-state index in [0.29, 0.717) is 31.1 Å². The van der Waals surface area contributed by atoms with Crippen molar-refractivity contribution in [2.24, 2.45) is 7.05 Å². The number of anilines is 2. The smallest absolute Gasteiger partial charge is 0.323 e. The molecule has 0 aliphatic heterocycles. The summed E-state index contributed by atoms with van der Waals surface area (Å²) in [5.41, 5.74) is 1.05. The molecule has 0 saturated carbocycles. The van der Waals surface area contributed by atoms with Crippen LogP contribution >= 0.6 is 0 Å². The molecule has 0 spiro atoms. The van der Waals surface area contributed by atoms with Crippen molar-refractivity contribution >= 4 is 11.9 Å². The Morgan fingerprint density at radius 1 is 1.14 bits per heavy atom. The molecule has 21 heavy (non-hydrogen) atoms. The van der Waals surface area contributed by atoms with E-state index in [9.17, 15) is 0 Å². The Hall–Kier alpha value is -2.38. The van der Waals surface area contributed by atoms with Gasteiger partial charge in [-0.1, -0.05) is 6.92 Å². The third kappa shape index (κ3) is 4.59. The lowest BCUT2D eigenvalue weighted by atomic mass is 10.4. The van der Waals surface area contributed by atoms with Crippen LogP contribution in [-0.2, 0) is 13.6 Å². The second-order valence-electron chi connectivity index (χ2n) is 4.50. The zero-order valence-electron chi connectivity index (χ0n) is 12.6. The molecule has 2 aromatic heterocycles. The normalized spacial score (nSPS) is 10.4. The van der Waals surface area contributed by atoms with Crippen LogP contribution in [0.15, 0.2) is 12.4 Å². The van der Waals surface area contributed by atoms with Gasteiger partial charge in [0.1, 0.15) is 0 Å². The summed E-state index contributed by atoms with van der Waals surface area (Å²) >= 11 is 0. The Labute approximate surface area is 124 Å². The molecule has 2 heterocycles. The summed E-state index contributed by atoms with van der Waals surface area (Å²) in [4.78, 5) is 12.8. The van der Waals surface area contributed by atoms with Gasteiger partial charge in [0.15, 0.2) is 0 Å². The van der Waals surface area contributed by atoms with Crippen molar-refractivity contribution in [3.05, 3.63) is 18.0 Å². The van der Waals surface area contributed by atoms with Crippen molar-refractivity contribution in [2.45, 2.75) is 26.8 Å². The summed E-state index contributed by atoms with van der Waals surface area (Å²) in [7, 11) is 1.88. The maximum Gasteiger partial charge on any atom is 0.323 e. The molecule has 0 aromatic carbocycles. The minimum absolute atomic E-state index is 0.319. The molecule has 2 aromatic rings. The predicted octanol–water partition coefficient (Wildman–Crippen LogP) is 1.44. The number of rotatable bonds is 8. The second kappa shape index (κ2) is 7.41. The van der Waals surface area contributed by atoms with Gasteiger partial charge in [0.2, 0.25) is 11.9 Å². The molecule has 0 aliphatic rings. The van der Waals surface area contributed by atoms with Crippen LogP contribution in [0.4, 0.5) is 11.9 Å². The lowest BCUT2D eigenvalue weighted by Gasteiger charge is -2.09. The molecule has 0 amide bonds. The van der Waals surface area contributed by atoms with Crippen molar-refractivity contribution in [1.82, 2.24) is 24.7 Å². The molecule has 2 rings (SSSR count). The molecule has 8 nitrogen and oxygen atoms in total. The van der Waals surface area contributed by atoms with Crippen molar-refractivity contribution in [1.29, 1.82) is 0 Å². The number of hydrogen-bond donors (Lipinski definition) is 2. The Balaban J connectivity index is 2.07. The van der Waals surface area contributed by atoms with E-state index < -0.39 is 0 Å². The average molecular weight is 291 g/mol. The monoisotopic (exact) mass is 291 g/mol. The minimum atomic E-state index is 0.319. The molecule has 2 N–H and O–H groups in total. The number of nitrogens with zero attached hydrogens (tertiary/aromatic N) is 5. The summed E-state index contributed by atoms with van der Waals surface area (Å²) in [6.07, 6.45) is 4.73. The summed E-state index contributed by atoms with van der Waals surface area (Å²) in [5, 5.41) is 10.4. The van der Waals surface area contributed by atoms with Gasteiger partial charge >= 0.3 is 6.01 Å². The highest BCUT2D eigenvalue weighted by atomic mass is 16.5. The van der Waals surface area contributed by atoms with Crippen LogP contribution in [0.25, 0.3) is 0 Å². The van der Waals surface area contributed by atoms with Gasteiger partial charge in [0.05, 0.1) is 12.8 Å². The predicted molar refractivity (Wildman–Crippen MR) is 80.3 cm³/mol. The fourth-order valence-electron chi connectivity index (χ4n) is 1.69. The van der Waals surface area contributed by atoms with E-state index in [1.165, 1.54) is 0 Å². The fraction of sp³-hybridized carbons (Fsp3) is 0.538. The van der Waals surface area contributed by atoms with E-state index in [1.54, 1.807) is 10.9 Å². The SMILES string of the molecule is CCCNc1nc(NCc2cnn(C)c2)nc(OCC)n1. The summed E-state index contributed by atoms with van der Waals surface area (Å²) in [6.45, 7) is 5.89. The molecule has 0 unspecified atom stereocenters. The Morgan fingerprint density at radius 3 is 2.52 bits per heavy atom. The lowest BCUT2D eigenvalue weighted by Crippen LogP contribution is -2.11. The maximum atomic E-state index is 5.36. The van der Waals surface area contributed by atoms with E-state index >= 15 is 0 Å². The third-order valence-electron chi connectivity index (χ3n) is 2.63. The first-order valence-electron chi connectivity index (χ1n) is 7.05. The molecule has 0 atom stereocenters. The fourth-order valence-corrected chi connectivity index (χ4v) is 1.69. The van der Waals surface area contributed by atoms with Gasteiger partial charge in [-0.2, -0.15) is 20.1 Å². The zero-order chi connectivity index (χ0) is 15.1. The maximum absolute atomic E-state index is 5.36. The largest absolute Gasteiger partial charge is 0.464 e. The summed E-state index contributed by atoms with van der Waals surface area (Å²) in [5.74, 6) is 1.000. The standard InChI is InChI=1S/C13H21N7O/c1-4-6-14-11-17-12(19-13(18-11)21-5-2)15-7-10-8-16-20(3)9-10/h8-9H,4-7H2,1-3H3,(H2,14,15,17,18,19). The molecule has 8 heteroatoms. The lowest BCUT2D eigenvalue weighted by molar-refractivity contribution is 0.312. The number of aromatic nitrogens is 5. The first-order chi connectivity index (χ1) is 10.2. The van der Waals surface area contributed by atoms with Crippen LogP contribution < -0.4 is 15.4 Å². The first-order valence-corrected chi connectivity index (χ1v) is 7.05. The van der Waals surface area contributed by atoms with E-state index in [-0.39, 0.29) is 0 Å². The number of nitrogens with one attached hydrogen (secondary N) is 2. The van der Waals surface area contributed by atoms with E-state index in [2.05, 4.69) is 37.6 Å². The quantitative estimate of drug-likeness (QED) is 0.760. The Morgan fingerprint density at radius 2 is 1.90 bits per heavy atom. The summed E-state index contributed by atoms with van der Waals surface area (Å²) < 4.78 is 7.12. The molecule has 0 bridgehead atoms. The van der Waals surface area contributed by atoms with Gasteiger partial charge in [-0.05, 0) is 13.3 Å². The van der Waals surface area contributed by atoms with E-state index in [1.807, 2.05) is 20.2 Å². The summed E-state index contributed by atoms with van der Waals surface area (Å²) in [6, 6.07) is 0.319. The van der Waals surface area contributed by atoms with Crippen LogP contribution in [0.5, 0.6) is 6.01 Å². The van der Waals surface area contributed by atoms with Crippen molar-refractivity contribution in [2.75, 3.05) is 23.8 Å². The zero-order valence-corrected chi connectivity index (χ0v) is 12.6. The van der Waals surface area contributed by atoms with Gasteiger partial charge in [0, 0.05) is 31.9 Å². The van der Waals surface area contributed by atoms with Crippen LogP contribution in [0.3, 0.4) is 0 Å². The van der Waals surface area contributed by atoms with Crippen LogP contribution in [0.2, 0.25) is 0 Å². The number of ether oxygens (including phenoxy) is 1. The van der Waals surface area contributed by atoms with Gasteiger partial charge < -0.3 is 15.4 Å². The molecule has 0 saturated heterocycles. The molecule has 0 fully saturated rings. The van der Waals surface area contributed by atoms with Crippen molar-refractivity contribution < 1.29 is 4.74 Å². The highest BCUT2D eigenvalue weighted by molar-refractivity contribution is 5.36. The molecular weight excluding hydrogens is 270 g/mol. The topological polar surface area (TPSA) is 89.8 Å². The van der Waals surface area contributed by atoms with Crippen LogP contribution in [0, 0.1) is 0 Å². The Kier molecular flexibility index (Phi) is 5.30. The van der Waals surface area contributed by atoms with Crippen molar-refractivity contribution in [3.63, 3.8) is 0 Å².